The molecule has 0 amide bonds. The average molecular weight is 412 g/mol. The molecule has 0 radical (unpaired) electrons. The van der Waals surface area contributed by atoms with Crippen LogP contribution in [0.25, 0.3) is 11.3 Å². The minimum absolute atomic E-state index is 0.174. The Hall–Kier alpha value is -2.44. The van der Waals surface area contributed by atoms with Gasteiger partial charge < -0.3 is 9.42 Å². The van der Waals surface area contributed by atoms with E-state index in [9.17, 15) is 0 Å². The quantitative estimate of drug-likeness (QED) is 0.600. The van der Waals surface area contributed by atoms with Crippen LogP contribution in [0.15, 0.2) is 35.0 Å². The maximum atomic E-state index is 6.43. The number of anilines is 1. The summed E-state index contributed by atoms with van der Waals surface area (Å²) in [5, 5.41) is 4.95. The van der Waals surface area contributed by atoms with E-state index >= 15 is 0 Å². The Bertz CT molecular complexity index is 1020. The van der Waals surface area contributed by atoms with Crippen molar-refractivity contribution >= 4 is 17.5 Å². The molecule has 0 saturated carbocycles. The van der Waals surface area contributed by atoms with Crippen LogP contribution in [0, 0.1) is 13.8 Å². The van der Waals surface area contributed by atoms with Crippen molar-refractivity contribution in [2.24, 2.45) is 0 Å². The van der Waals surface area contributed by atoms with E-state index in [1.807, 2.05) is 57.2 Å². The number of nitrogens with zero attached hydrogens (tertiary/aromatic N) is 5. The van der Waals surface area contributed by atoms with Crippen LogP contribution < -0.4 is 4.90 Å². The highest BCUT2D eigenvalue weighted by Crippen LogP contribution is 2.39. The summed E-state index contributed by atoms with van der Waals surface area (Å²) in [6.07, 6.45) is 4.02. The Morgan fingerprint density at radius 1 is 1.24 bits per heavy atom. The molecule has 6 nitrogen and oxygen atoms in total. The number of hydrogen-bond acceptors (Lipinski definition) is 6. The number of hydrogen-bond donors (Lipinski definition) is 0. The van der Waals surface area contributed by atoms with Crippen LogP contribution in [-0.2, 0) is 6.54 Å². The van der Waals surface area contributed by atoms with Gasteiger partial charge in [-0.2, -0.15) is 0 Å². The maximum absolute atomic E-state index is 6.43. The summed E-state index contributed by atoms with van der Waals surface area (Å²) >= 11 is 6.43. The number of halogens is 1. The van der Waals surface area contributed by atoms with Gasteiger partial charge in [-0.3, -0.25) is 4.90 Å². The summed E-state index contributed by atoms with van der Waals surface area (Å²) in [4.78, 5) is 13.9. The zero-order chi connectivity index (χ0) is 20.5. The molecule has 3 aromatic rings. The highest BCUT2D eigenvalue weighted by atomic mass is 35.5. The van der Waals surface area contributed by atoms with Gasteiger partial charge in [-0.1, -0.05) is 35.0 Å². The van der Waals surface area contributed by atoms with Crippen LogP contribution >= 0.6 is 11.6 Å². The van der Waals surface area contributed by atoms with Crippen molar-refractivity contribution in [3.8, 4) is 11.3 Å². The molecule has 0 N–H and O–H groups in total. The van der Waals surface area contributed by atoms with Gasteiger partial charge in [-0.15, -0.1) is 0 Å². The molecular weight excluding hydrogens is 386 g/mol. The van der Waals surface area contributed by atoms with E-state index in [1.165, 1.54) is 0 Å². The van der Waals surface area contributed by atoms with Crippen molar-refractivity contribution < 1.29 is 4.52 Å². The highest BCUT2D eigenvalue weighted by Gasteiger charge is 2.32. The maximum Gasteiger partial charge on any atom is 0.225 e. The third-order valence-corrected chi connectivity index (χ3v) is 5.99. The molecular formula is C22H26ClN5O. The first kappa shape index (κ1) is 19.9. The smallest absolute Gasteiger partial charge is 0.225 e. The van der Waals surface area contributed by atoms with Crippen LogP contribution in [0.1, 0.15) is 41.4 Å². The van der Waals surface area contributed by atoms with Crippen LogP contribution in [0.5, 0.6) is 0 Å². The molecule has 152 valence electrons. The molecule has 3 heterocycles. The number of aryl methyl sites for hydroxylation is 1. The molecule has 1 atom stereocenters. The van der Waals surface area contributed by atoms with Crippen molar-refractivity contribution in [3.05, 3.63) is 58.0 Å². The first-order valence-electron chi connectivity index (χ1n) is 9.90. The van der Waals surface area contributed by atoms with E-state index in [2.05, 4.69) is 21.1 Å². The lowest BCUT2D eigenvalue weighted by molar-refractivity contribution is 0.244. The van der Waals surface area contributed by atoms with Gasteiger partial charge in [0.1, 0.15) is 0 Å². The van der Waals surface area contributed by atoms with Crippen molar-refractivity contribution in [1.29, 1.82) is 0 Å². The first-order valence-corrected chi connectivity index (χ1v) is 10.3. The van der Waals surface area contributed by atoms with Gasteiger partial charge in [0.05, 0.1) is 23.0 Å². The Kier molecular flexibility index (Phi) is 5.56. The number of rotatable bonds is 5. The van der Waals surface area contributed by atoms with Crippen LogP contribution in [0.4, 0.5) is 5.95 Å². The lowest BCUT2D eigenvalue weighted by atomic mass is 10.0. The molecule has 7 heteroatoms. The molecule has 0 aliphatic carbocycles. The predicted molar refractivity (Wildman–Crippen MR) is 115 cm³/mol. The summed E-state index contributed by atoms with van der Waals surface area (Å²) in [7, 11) is 3.91. The predicted octanol–water partition coefficient (Wildman–Crippen LogP) is 4.80. The van der Waals surface area contributed by atoms with Gasteiger partial charge in [0.2, 0.25) is 5.95 Å². The van der Waals surface area contributed by atoms with Crippen molar-refractivity contribution in [2.45, 2.75) is 39.3 Å². The standard InChI is InChI=1S/C22H26ClN5O/c1-14-15(2)26-29-21(14)17-12-24-22(27(3)4)25-20(17)19-10-7-11-28(19)13-16-8-5-6-9-18(16)23/h5-6,8-9,12,19H,7,10-11,13H2,1-4H3/t19-/m1/s1. The van der Waals surface area contributed by atoms with Gasteiger partial charge in [0.15, 0.2) is 5.76 Å². The number of aromatic nitrogens is 3. The summed E-state index contributed by atoms with van der Waals surface area (Å²) in [6, 6.07) is 8.21. The molecule has 1 aliphatic rings. The lowest BCUT2D eigenvalue weighted by Crippen LogP contribution is -2.25. The Labute approximate surface area is 176 Å². The van der Waals surface area contributed by atoms with E-state index in [4.69, 9.17) is 21.1 Å². The van der Waals surface area contributed by atoms with Crippen LogP contribution in [0.2, 0.25) is 5.02 Å². The van der Waals surface area contributed by atoms with Crippen molar-refractivity contribution in [2.75, 3.05) is 25.5 Å². The van der Waals surface area contributed by atoms with Gasteiger partial charge in [-0.25, -0.2) is 9.97 Å². The second kappa shape index (κ2) is 8.13. The molecule has 0 spiro atoms. The van der Waals surface area contributed by atoms with Crippen LogP contribution in [0.3, 0.4) is 0 Å². The molecule has 1 aromatic carbocycles. The SMILES string of the molecule is Cc1noc(-c2cnc(N(C)C)nc2[C@H]2CCCN2Cc2ccccc2Cl)c1C. The second-order valence-corrected chi connectivity index (χ2v) is 8.21. The molecule has 0 unspecified atom stereocenters. The fraction of sp³-hybridized carbons (Fsp3) is 0.409. The van der Waals surface area contributed by atoms with E-state index in [1.54, 1.807) is 0 Å². The molecule has 0 bridgehead atoms. The molecule has 1 aliphatic heterocycles. The molecule has 2 aromatic heterocycles. The summed E-state index contributed by atoms with van der Waals surface area (Å²) in [6.45, 7) is 5.78. The third-order valence-electron chi connectivity index (χ3n) is 5.62. The molecule has 1 fully saturated rings. The largest absolute Gasteiger partial charge is 0.356 e. The second-order valence-electron chi connectivity index (χ2n) is 7.81. The molecule has 1 saturated heterocycles. The summed E-state index contributed by atoms with van der Waals surface area (Å²) in [5.74, 6) is 1.45. The van der Waals surface area contributed by atoms with Crippen molar-refractivity contribution in [3.63, 3.8) is 0 Å². The van der Waals surface area contributed by atoms with Gasteiger partial charge in [-0.05, 0) is 44.9 Å². The third kappa shape index (κ3) is 3.87. The Morgan fingerprint density at radius 2 is 2.03 bits per heavy atom. The zero-order valence-corrected chi connectivity index (χ0v) is 18.1. The fourth-order valence-corrected chi connectivity index (χ4v) is 4.06. The average Bonchev–Trinajstić information content (AvgIpc) is 3.30. The van der Waals surface area contributed by atoms with Crippen molar-refractivity contribution in [1.82, 2.24) is 20.0 Å². The molecule has 29 heavy (non-hydrogen) atoms. The first-order chi connectivity index (χ1) is 14.0. The molecule has 4 rings (SSSR count). The van der Waals surface area contributed by atoms with E-state index in [0.29, 0.717) is 5.95 Å². The lowest BCUT2D eigenvalue weighted by Gasteiger charge is -2.26. The Balaban J connectivity index is 1.76. The monoisotopic (exact) mass is 411 g/mol. The minimum Gasteiger partial charge on any atom is -0.356 e. The summed E-state index contributed by atoms with van der Waals surface area (Å²) in [5.41, 5.74) is 4.97. The topological polar surface area (TPSA) is 58.3 Å². The number of benzene rings is 1. The number of likely N-dealkylation sites (tertiary alicyclic amines) is 1. The van der Waals surface area contributed by atoms with E-state index in [-0.39, 0.29) is 6.04 Å². The van der Waals surface area contributed by atoms with Crippen LogP contribution in [-0.4, -0.2) is 40.7 Å². The van der Waals surface area contributed by atoms with Gasteiger partial charge >= 0.3 is 0 Å². The fourth-order valence-electron chi connectivity index (χ4n) is 3.87. The summed E-state index contributed by atoms with van der Waals surface area (Å²) < 4.78 is 5.67. The van der Waals surface area contributed by atoms with Gasteiger partial charge in [0.25, 0.3) is 0 Å². The van der Waals surface area contributed by atoms with E-state index < -0.39 is 0 Å². The highest BCUT2D eigenvalue weighted by molar-refractivity contribution is 6.31. The minimum atomic E-state index is 0.174. The van der Waals surface area contributed by atoms with E-state index in [0.717, 1.165) is 64.8 Å². The van der Waals surface area contributed by atoms with Gasteiger partial charge in [0, 0.05) is 37.4 Å². The zero-order valence-electron chi connectivity index (χ0n) is 17.3. The Morgan fingerprint density at radius 3 is 2.72 bits per heavy atom. The normalized spacial score (nSPS) is 17.1.